The van der Waals surface area contributed by atoms with Crippen LogP contribution in [0.2, 0.25) is 0 Å². The first-order valence-corrected chi connectivity index (χ1v) is 11.0. The summed E-state index contributed by atoms with van der Waals surface area (Å²) in [6.07, 6.45) is 6.57. The van der Waals surface area contributed by atoms with E-state index in [0.29, 0.717) is 57.8 Å². The van der Waals surface area contributed by atoms with Gasteiger partial charge in [-0.1, -0.05) is 47.0 Å². The second-order valence-corrected chi connectivity index (χ2v) is 6.74. The van der Waals surface area contributed by atoms with Gasteiger partial charge in [0.2, 0.25) is 5.91 Å². The maximum absolute atomic E-state index is 11.5. The predicted octanol–water partition coefficient (Wildman–Crippen LogP) is 4.01. The molecule has 28 heavy (non-hydrogen) atoms. The van der Waals surface area contributed by atoms with E-state index in [-0.39, 0.29) is 11.8 Å². The van der Waals surface area contributed by atoms with Crippen molar-refractivity contribution in [3.05, 3.63) is 0 Å². The second kappa shape index (κ2) is 22.3. The third-order valence-electron chi connectivity index (χ3n) is 4.28. The lowest BCUT2D eigenvalue weighted by molar-refractivity contribution is -0.126. The van der Waals surface area contributed by atoms with Crippen molar-refractivity contribution in [2.24, 2.45) is 11.8 Å². The van der Waals surface area contributed by atoms with Crippen LogP contribution in [0.1, 0.15) is 73.1 Å². The van der Waals surface area contributed by atoms with Crippen molar-refractivity contribution < 1.29 is 23.8 Å². The highest BCUT2D eigenvalue weighted by Gasteiger charge is 2.22. The molecule has 1 amide bonds. The van der Waals surface area contributed by atoms with E-state index in [9.17, 15) is 9.59 Å². The summed E-state index contributed by atoms with van der Waals surface area (Å²) in [7, 11) is 1.61. The van der Waals surface area contributed by atoms with Crippen LogP contribution in [0.15, 0.2) is 0 Å². The van der Waals surface area contributed by atoms with Crippen LogP contribution in [0.3, 0.4) is 0 Å². The molecular weight excluding hydrogens is 358 g/mol. The summed E-state index contributed by atoms with van der Waals surface area (Å²) < 4.78 is 15.5. The maximum atomic E-state index is 11.5. The number of rotatable bonds is 12. The van der Waals surface area contributed by atoms with Gasteiger partial charge in [0.1, 0.15) is 5.78 Å². The number of carbonyl (C=O) groups excluding carboxylic acids is 2. The Morgan fingerprint density at radius 3 is 1.86 bits per heavy atom. The van der Waals surface area contributed by atoms with E-state index in [1.807, 2.05) is 34.6 Å². The summed E-state index contributed by atoms with van der Waals surface area (Å²) in [4.78, 5) is 22.3. The standard InChI is InChI=1S/C10H21NO4.C10H18O.C2H6/c1-3-13-6-7-15-9-8-14-5-4-10(12)11-2;1-8(2)10(11)9-6-4-3-5-7-9;1-2/h3-9H2,1-2H3,(H,11,12);8-9H,3-7H2,1-2H3;1-2H3. The van der Waals surface area contributed by atoms with Crippen molar-refractivity contribution in [3.63, 3.8) is 0 Å². The van der Waals surface area contributed by atoms with Gasteiger partial charge in [-0.2, -0.15) is 0 Å². The minimum atomic E-state index is -0.00716. The molecule has 0 unspecified atom stereocenters. The molecule has 0 bridgehead atoms. The molecule has 0 aromatic carbocycles. The molecule has 0 heterocycles. The molecule has 0 aliphatic heterocycles. The fourth-order valence-electron chi connectivity index (χ4n) is 2.73. The van der Waals surface area contributed by atoms with Crippen LogP contribution in [-0.4, -0.2) is 58.4 Å². The first-order valence-electron chi connectivity index (χ1n) is 11.0. The third kappa shape index (κ3) is 18.4. The molecule has 1 rings (SSSR count). The van der Waals surface area contributed by atoms with Gasteiger partial charge in [0.15, 0.2) is 0 Å². The molecule has 0 atom stereocenters. The largest absolute Gasteiger partial charge is 0.379 e. The van der Waals surface area contributed by atoms with Gasteiger partial charge in [-0.25, -0.2) is 0 Å². The number of hydrogen-bond acceptors (Lipinski definition) is 5. The average Bonchev–Trinajstić information content (AvgIpc) is 2.74. The van der Waals surface area contributed by atoms with Gasteiger partial charge in [0.25, 0.3) is 0 Å². The number of carbonyl (C=O) groups is 2. The fourth-order valence-corrected chi connectivity index (χ4v) is 2.73. The van der Waals surface area contributed by atoms with Crippen LogP contribution < -0.4 is 5.32 Å². The van der Waals surface area contributed by atoms with Crippen LogP contribution in [0.25, 0.3) is 0 Å². The Balaban J connectivity index is 0. The predicted molar refractivity (Wildman–Crippen MR) is 115 cm³/mol. The molecule has 1 aliphatic carbocycles. The molecule has 0 spiro atoms. The van der Waals surface area contributed by atoms with Crippen LogP contribution >= 0.6 is 0 Å². The van der Waals surface area contributed by atoms with E-state index < -0.39 is 0 Å². The Hall–Kier alpha value is -0.980. The summed E-state index contributed by atoms with van der Waals surface area (Å²) in [5.74, 6) is 1.14. The Bertz CT molecular complexity index is 355. The second-order valence-electron chi connectivity index (χ2n) is 6.74. The molecule has 6 nitrogen and oxygen atoms in total. The van der Waals surface area contributed by atoms with Crippen molar-refractivity contribution >= 4 is 11.7 Å². The van der Waals surface area contributed by atoms with Crippen molar-refractivity contribution in [2.45, 2.75) is 73.1 Å². The molecular formula is C22H45NO5. The minimum Gasteiger partial charge on any atom is -0.379 e. The molecule has 1 N–H and O–H groups in total. The van der Waals surface area contributed by atoms with E-state index in [4.69, 9.17) is 14.2 Å². The Morgan fingerprint density at radius 1 is 0.893 bits per heavy atom. The van der Waals surface area contributed by atoms with Gasteiger partial charge in [0, 0.05) is 31.9 Å². The van der Waals surface area contributed by atoms with Crippen LogP contribution in [-0.2, 0) is 23.8 Å². The topological polar surface area (TPSA) is 73.9 Å². The van der Waals surface area contributed by atoms with E-state index in [2.05, 4.69) is 5.32 Å². The van der Waals surface area contributed by atoms with Gasteiger partial charge in [-0.15, -0.1) is 0 Å². The van der Waals surface area contributed by atoms with Crippen LogP contribution in [0, 0.1) is 11.8 Å². The lowest BCUT2D eigenvalue weighted by atomic mass is 9.83. The third-order valence-corrected chi connectivity index (χ3v) is 4.28. The number of amides is 1. The number of ether oxygens (including phenoxy) is 3. The molecule has 168 valence electrons. The number of nitrogens with one attached hydrogen (secondary N) is 1. The van der Waals surface area contributed by atoms with Gasteiger partial charge in [-0.05, 0) is 19.8 Å². The summed E-state index contributed by atoms with van der Waals surface area (Å²) in [5, 5.41) is 2.52. The molecule has 0 radical (unpaired) electrons. The van der Waals surface area contributed by atoms with Crippen molar-refractivity contribution in [1.29, 1.82) is 0 Å². The van der Waals surface area contributed by atoms with Gasteiger partial charge in [0.05, 0.1) is 33.0 Å². The summed E-state index contributed by atoms with van der Waals surface area (Å²) in [6, 6.07) is 0. The first kappa shape index (κ1) is 29.2. The smallest absolute Gasteiger partial charge is 0.222 e. The number of Topliss-reactive ketones (excluding diaryl/α,β-unsaturated/α-hetero) is 1. The Morgan fingerprint density at radius 2 is 1.39 bits per heavy atom. The highest BCUT2D eigenvalue weighted by Crippen LogP contribution is 2.26. The highest BCUT2D eigenvalue weighted by molar-refractivity contribution is 5.82. The highest BCUT2D eigenvalue weighted by atomic mass is 16.5. The molecule has 1 aliphatic rings. The molecule has 0 aromatic rings. The first-order chi connectivity index (χ1) is 13.5. The maximum Gasteiger partial charge on any atom is 0.222 e. The minimum absolute atomic E-state index is 0.00716. The number of hydrogen-bond donors (Lipinski definition) is 1. The average molecular weight is 404 g/mol. The molecule has 0 aromatic heterocycles. The Kier molecular flexibility index (Phi) is 23.3. The van der Waals surface area contributed by atoms with Crippen LogP contribution in [0.5, 0.6) is 0 Å². The quantitative estimate of drug-likeness (QED) is 0.498. The SMILES string of the molecule is CC.CC(C)C(=O)C1CCCCC1.CCOCCOCCOCCC(=O)NC. The summed E-state index contributed by atoms with van der Waals surface area (Å²) in [5.41, 5.74) is 0. The van der Waals surface area contributed by atoms with E-state index in [1.165, 1.54) is 19.3 Å². The van der Waals surface area contributed by atoms with Crippen molar-refractivity contribution in [2.75, 3.05) is 46.7 Å². The summed E-state index contributed by atoms with van der Waals surface area (Å²) in [6.45, 7) is 13.4. The van der Waals surface area contributed by atoms with Crippen molar-refractivity contribution in [3.8, 4) is 0 Å². The molecule has 1 saturated carbocycles. The normalized spacial score (nSPS) is 13.8. The van der Waals surface area contributed by atoms with Crippen molar-refractivity contribution in [1.82, 2.24) is 5.32 Å². The van der Waals surface area contributed by atoms with Gasteiger partial charge < -0.3 is 19.5 Å². The monoisotopic (exact) mass is 403 g/mol. The van der Waals surface area contributed by atoms with E-state index >= 15 is 0 Å². The zero-order valence-corrected chi connectivity index (χ0v) is 19.2. The van der Waals surface area contributed by atoms with E-state index in [1.54, 1.807) is 7.05 Å². The zero-order valence-electron chi connectivity index (χ0n) is 19.2. The Labute approximate surface area is 173 Å². The van der Waals surface area contributed by atoms with E-state index in [0.717, 1.165) is 12.8 Å². The molecule has 1 fully saturated rings. The lowest BCUT2D eigenvalue weighted by Gasteiger charge is -2.21. The number of ketones is 1. The van der Waals surface area contributed by atoms with Gasteiger partial charge in [-0.3, -0.25) is 9.59 Å². The zero-order chi connectivity index (χ0) is 21.6. The summed E-state index contributed by atoms with van der Waals surface area (Å²) >= 11 is 0. The van der Waals surface area contributed by atoms with Gasteiger partial charge >= 0.3 is 0 Å². The van der Waals surface area contributed by atoms with Crippen LogP contribution in [0.4, 0.5) is 0 Å². The fraction of sp³-hybridized carbons (Fsp3) is 0.909. The lowest BCUT2D eigenvalue weighted by Crippen LogP contribution is -2.21. The molecule has 0 saturated heterocycles. The molecule has 6 heteroatoms.